The maximum atomic E-state index is 13.8. The zero-order valence-electron chi connectivity index (χ0n) is 10.4. The molecule has 0 aliphatic carbocycles. The van der Waals surface area contributed by atoms with Crippen LogP contribution in [0.3, 0.4) is 0 Å². The fourth-order valence-electron chi connectivity index (χ4n) is 1.90. The number of fused-ring (bicyclic) bond motifs is 1. The lowest BCUT2D eigenvalue weighted by Crippen LogP contribution is -2.13. The number of hydrogen-bond donors (Lipinski definition) is 1. The Bertz CT molecular complexity index is 617. The third kappa shape index (κ3) is 2.53. The van der Waals surface area contributed by atoms with Crippen molar-refractivity contribution in [3.8, 4) is 5.75 Å². The highest BCUT2D eigenvalue weighted by atomic mass is 35.5. The largest absolute Gasteiger partial charge is 0.494 e. The van der Waals surface area contributed by atoms with Crippen LogP contribution in [0.5, 0.6) is 5.75 Å². The van der Waals surface area contributed by atoms with Crippen LogP contribution in [0.1, 0.15) is 12.2 Å². The van der Waals surface area contributed by atoms with Crippen molar-refractivity contribution in [2.45, 2.75) is 13.0 Å². The van der Waals surface area contributed by atoms with E-state index in [1.807, 2.05) is 0 Å². The molecule has 2 aromatic rings. The van der Waals surface area contributed by atoms with Gasteiger partial charge < -0.3 is 15.0 Å². The normalized spacial score (nSPS) is 10.9. The third-order valence-corrected chi connectivity index (χ3v) is 2.67. The van der Waals surface area contributed by atoms with E-state index in [0.717, 1.165) is 10.6 Å². The molecule has 0 unspecified atom stereocenters. The SMILES string of the molecule is COc1cc(F)c(F)c2c1nc(C(F)F)n2CCN.Cl. The van der Waals surface area contributed by atoms with Crippen molar-refractivity contribution in [2.24, 2.45) is 5.73 Å². The van der Waals surface area contributed by atoms with Crippen LogP contribution < -0.4 is 10.5 Å². The van der Waals surface area contributed by atoms with E-state index in [1.165, 1.54) is 7.11 Å². The summed E-state index contributed by atoms with van der Waals surface area (Å²) in [4.78, 5) is 3.63. The molecule has 112 valence electrons. The number of nitrogens with two attached hydrogens (primary N) is 1. The molecule has 1 aromatic carbocycles. The van der Waals surface area contributed by atoms with Crippen molar-refractivity contribution < 1.29 is 22.3 Å². The number of ether oxygens (including phenoxy) is 1. The number of alkyl halides is 2. The Morgan fingerprint density at radius 3 is 2.55 bits per heavy atom. The minimum atomic E-state index is -2.92. The third-order valence-electron chi connectivity index (χ3n) is 2.67. The number of aromatic nitrogens is 2. The number of benzene rings is 1. The molecule has 2 rings (SSSR count). The molecule has 0 spiro atoms. The molecule has 0 bridgehead atoms. The quantitative estimate of drug-likeness (QED) is 0.883. The van der Waals surface area contributed by atoms with E-state index < -0.39 is 23.9 Å². The van der Waals surface area contributed by atoms with Crippen LogP contribution in [-0.2, 0) is 6.54 Å². The van der Waals surface area contributed by atoms with Gasteiger partial charge in [-0.15, -0.1) is 12.4 Å². The second-order valence-electron chi connectivity index (χ2n) is 3.78. The first-order valence-electron chi connectivity index (χ1n) is 5.41. The molecule has 2 N–H and O–H groups in total. The molecule has 9 heteroatoms. The highest BCUT2D eigenvalue weighted by molar-refractivity contribution is 5.85. The highest BCUT2D eigenvalue weighted by Crippen LogP contribution is 2.33. The Labute approximate surface area is 117 Å². The minimum absolute atomic E-state index is 0. The lowest BCUT2D eigenvalue weighted by Gasteiger charge is -2.08. The molecule has 0 saturated heterocycles. The molecule has 20 heavy (non-hydrogen) atoms. The van der Waals surface area contributed by atoms with E-state index in [4.69, 9.17) is 10.5 Å². The average molecular weight is 314 g/mol. The Kier molecular flexibility index (Phi) is 5.18. The maximum absolute atomic E-state index is 13.8. The van der Waals surface area contributed by atoms with Crippen LogP contribution in [0.2, 0.25) is 0 Å². The van der Waals surface area contributed by atoms with Crippen molar-refractivity contribution in [3.05, 3.63) is 23.5 Å². The predicted octanol–water partition coefficient (Wildman–Crippen LogP) is 2.64. The molecule has 0 saturated carbocycles. The van der Waals surface area contributed by atoms with Crippen LogP contribution >= 0.6 is 12.4 Å². The lowest BCUT2D eigenvalue weighted by atomic mass is 10.2. The molecule has 1 aromatic heterocycles. The van der Waals surface area contributed by atoms with Crippen molar-refractivity contribution in [3.63, 3.8) is 0 Å². The molecule has 0 amide bonds. The van der Waals surface area contributed by atoms with E-state index in [2.05, 4.69) is 4.98 Å². The summed E-state index contributed by atoms with van der Waals surface area (Å²) in [5, 5.41) is 0. The van der Waals surface area contributed by atoms with Crippen LogP contribution in [0, 0.1) is 11.6 Å². The number of methoxy groups -OCH3 is 1. The van der Waals surface area contributed by atoms with Crippen LogP contribution in [0.4, 0.5) is 17.6 Å². The Morgan fingerprint density at radius 2 is 2.05 bits per heavy atom. The van der Waals surface area contributed by atoms with Crippen molar-refractivity contribution in [1.29, 1.82) is 0 Å². The Balaban J connectivity index is 0.00000200. The van der Waals surface area contributed by atoms with E-state index in [1.54, 1.807) is 0 Å². The van der Waals surface area contributed by atoms with Gasteiger partial charge in [0.2, 0.25) is 0 Å². The molecule has 0 fully saturated rings. The number of hydrogen-bond acceptors (Lipinski definition) is 3. The summed E-state index contributed by atoms with van der Waals surface area (Å²) in [5.41, 5.74) is 4.79. The number of nitrogens with zero attached hydrogens (tertiary/aromatic N) is 2. The summed E-state index contributed by atoms with van der Waals surface area (Å²) in [5.74, 6) is -3.21. The Morgan fingerprint density at radius 1 is 1.40 bits per heavy atom. The summed E-state index contributed by atoms with van der Waals surface area (Å²) >= 11 is 0. The number of imidazole rings is 1. The molecule has 4 nitrogen and oxygen atoms in total. The van der Waals surface area contributed by atoms with E-state index in [-0.39, 0.29) is 42.3 Å². The maximum Gasteiger partial charge on any atom is 0.295 e. The summed E-state index contributed by atoms with van der Waals surface area (Å²) in [7, 11) is 1.22. The van der Waals surface area contributed by atoms with E-state index in [0.29, 0.717) is 0 Å². The summed E-state index contributed by atoms with van der Waals surface area (Å²) < 4.78 is 58.7. The van der Waals surface area contributed by atoms with Crippen molar-refractivity contribution >= 4 is 23.4 Å². The fourth-order valence-corrected chi connectivity index (χ4v) is 1.90. The number of halogens is 5. The summed E-state index contributed by atoms with van der Waals surface area (Å²) in [6.07, 6.45) is -2.92. The van der Waals surface area contributed by atoms with Gasteiger partial charge in [-0.25, -0.2) is 22.5 Å². The van der Waals surface area contributed by atoms with Crippen LogP contribution in [0.15, 0.2) is 6.07 Å². The standard InChI is InChI=1S/C11H11F4N3O.ClH/c1-19-6-4-5(12)7(13)9-8(6)17-11(10(14)15)18(9)3-2-16;/h4,10H,2-3,16H2,1H3;1H. The summed E-state index contributed by atoms with van der Waals surface area (Å²) in [6, 6.07) is 0.771. The molecular formula is C11H12ClF4N3O. The topological polar surface area (TPSA) is 53.1 Å². The van der Waals surface area contributed by atoms with Gasteiger partial charge >= 0.3 is 0 Å². The van der Waals surface area contributed by atoms with Gasteiger partial charge in [0.1, 0.15) is 16.8 Å². The second kappa shape index (κ2) is 6.27. The molecular weight excluding hydrogens is 302 g/mol. The molecule has 0 atom stereocenters. The van der Waals surface area contributed by atoms with Crippen molar-refractivity contribution in [1.82, 2.24) is 9.55 Å². The zero-order valence-corrected chi connectivity index (χ0v) is 11.2. The average Bonchev–Trinajstić information content (AvgIpc) is 2.74. The van der Waals surface area contributed by atoms with Gasteiger partial charge in [0.15, 0.2) is 17.5 Å². The molecule has 0 radical (unpaired) electrons. The van der Waals surface area contributed by atoms with Gasteiger partial charge in [0, 0.05) is 19.2 Å². The van der Waals surface area contributed by atoms with Crippen LogP contribution in [0.25, 0.3) is 11.0 Å². The van der Waals surface area contributed by atoms with Gasteiger partial charge in [0.25, 0.3) is 6.43 Å². The molecule has 0 aliphatic rings. The van der Waals surface area contributed by atoms with Crippen LogP contribution in [-0.4, -0.2) is 23.2 Å². The summed E-state index contributed by atoms with van der Waals surface area (Å²) in [6.45, 7) is -0.108. The minimum Gasteiger partial charge on any atom is -0.494 e. The Hall–Kier alpha value is -1.54. The molecule has 1 heterocycles. The predicted molar refractivity (Wildman–Crippen MR) is 67.5 cm³/mol. The monoisotopic (exact) mass is 313 g/mol. The molecule has 0 aliphatic heterocycles. The van der Waals surface area contributed by atoms with Gasteiger partial charge in [-0.05, 0) is 0 Å². The zero-order chi connectivity index (χ0) is 14.2. The van der Waals surface area contributed by atoms with Crippen molar-refractivity contribution in [2.75, 3.05) is 13.7 Å². The smallest absolute Gasteiger partial charge is 0.295 e. The van der Waals surface area contributed by atoms with Gasteiger partial charge in [-0.2, -0.15) is 0 Å². The van der Waals surface area contributed by atoms with E-state index >= 15 is 0 Å². The van der Waals surface area contributed by atoms with E-state index in [9.17, 15) is 17.6 Å². The van der Waals surface area contributed by atoms with Gasteiger partial charge in [-0.3, -0.25) is 0 Å². The first kappa shape index (κ1) is 16.5. The second-order valence-corrected chi connectivity index (χ2v) is 3.78. The fraction of sp³-hybridized carbons (Fsp3) is 0.364. The lowest BCUT2D eigenvalue weighted by molar-refractivity contribution is 0.136. The first-order valence-corrected chi connectivity index (χ1v) is 5.41. The van der Waals surface area contributed by atoms with Gasteiger partial charge in [-0.1, -0.05) is 0 Å². The first-order chi connectivity index (χ1) is 9.01. The van der Waals surface area contributed by atoms with Gasteiger partial charge in [0.05, 0.1) is 7.11 Å². The highest BCUT2D eigenvalue weighted by Gasteiger charge is 2.25. The number of rotatable bonds is 4.